The largest absolute Gasteiger partial charge is 0.485 e. The van der Waals surface area contributed by atoms with E-state index in [0.717, 1.165) is 12.1 Å². The summed E-state index contributed by atoms with van der Waals surface area (Å²) < 4.78 is 71.7. The Balaban J connectivity index is 1.81. The van der Waals surface area contributed by atoms with Gasteiger partial charge in [-0.2, -0.15) is 13.2 Å². The third-order valence-electron chi connectivity index (χ3n) is 4.99. The summed E-state index contributed by atoms with van der Waals surface area (Å²) in [6, 6.07) is 4.79. The molecular weight excluding hydrogens is 465 g/mol. The van der Waals surface area contributed by atoms with E-state index in [4.69, 9.17) is 4.74 Å². The summed E-state index contributed by atoms with van der Waals surface area (Å²) >= 11 is 0. The average molecular weight is 485 g/mol. The van der Waals surface area contributed by atoms with E-state index in [0.29, 0.717) is 0 Å². The number of aromatic nitrogens is 2. The number of ether oxygens (including phenoxy) is 1. The van der Waals surface area contributed by atoms with Crippen LogP contribution in [0.3, 0.4) is 0 Å². The van der Waals surface area contributed by atoms with Gasteiger partial charge in [0.25, 0.3) is 5.91 Å². The number of amides is 1. The lowest BCUT2D eigenvalue weighted by Crippen LogP contribution is -2.41. The van der Waals surface area contributed by atoms with Crippen LogP contribution >= 0.6 is 0 Å². The molecule has 0 aliphatic heterocycles. The molecule has 0 saturated carbocycles. The second kappa shape index (κ2) is 10.1. The topological polar surface area (TPSA) is 92.9 Å². The van der Waals surface area contributed by atoms with Crippen LogP contribution in [0.1, 0.15) is 41.0 Å². The number of imidazole rings is 1. The van der Waals surface area contributed by atoms with E-state index in [1.165, 1.54) is 35.7 Å². The van der Waals surface area contributed by atoms with Crippen molar-refractivity contribution in [1.29, 1.82) is 0 Å². The number of aryl methyl sites for hydroxylation is 1. The molecule has 0 saturated heterocycles. The molecule has 2 N–H and O–H groups in total. The van der Waals surface area contributed by atoms with Crippen molar-refractivity contribution in [3.8, 4) is 5.75 Å². The number of benzene rings is 1. The summed E-state index contributed by atoms with van der Waals surface area (Å²) in [5, 5.41) is 11.5. The SMILES string of the molecule is Cc1nc2c(OCc3c(F)cccc3F)cccn2c1C(=O)N[C@@H](CCCC(F)(F)F)C(=O)O. The highest BCUT2D eigenvalue weighted by Gasteiger charge is 2.29. The smallest absolute Gasteiger partial charge is 0.389 e. The van der Waals surface area contributed by atoms with Crippen LogP contribution in [-0.4, -0.2) is 38.6 Å². The summed E-state index contributed by atoms with van der Waals surface area (Å²) in [5.41, 5.74) is -0.0376. The van der Waals surface area contributed by atoms with Crippen molar-refractivity contribution in [2.24, 2.45) is 0 Å². The molecule has 12 heteroatoms. The molecule has 3 aromatic rings. The van der Waals surface area contributed by atoms with Crippen LogP contribution in [0.4, 0.5) is 22.0 Å². The normalized spacial score (nSPS) is 12.5. The van der Waals surface area contributed by atoms with Crippen molar-refractivity contribution in [2.45, 2.75) is 45.0 Å². The van der Waals surface area contributed by atoms with E-state index >= 15 is 0 Å². The maximum atomic E-state index is 13.9. The Kier molecular flexibility index (Phi) is 7.38. The summed E-state index contributed by atoms with van der Waals surface area (Å²) in [6.07, 6.45) is -5.06. The zero-order valence-electron chi connectivity index (χ0n) is 17.8. The molecule has 0 unspecified atom stereocenters. The number of fused-ring (bicyclic) bond motifs is 1. The Hall–Kier alpha value is -3.70. The van der Waals surface area contributed by atoms with Gasteiger partial charge in [-0.3, -0.25) is 9.20 Å². The van der Waals surface area contributed by atoms with Gasteiger partial charge in [0.15, 0.2) is 11.4 Å². The Morgan fingerprint density at radius 1 is 1.18 bits per heavy atom. The van der Waals surface area contributed by atoms with E-state index in [1.54, 1.807) is 0 Å². The van der Waals surface area contributed by atoms with Crippen LogP contribution in [0.5, 0.6) is 5.75 Å². The van der Waals surface area contributed by atoms with Crippen LogP contribution in [0.25, 0.3) is 5.65 Å². The number of nitrogens with zero attached hydrogens (tertiary/aromatic N) is 2. The molecule has 7 nitrogen and oxygen atoms in total. The van der Waals surface area contributed by atoms with Crippen molar-refractivity contribution >= 4 is 17.5 Å². The molecule has 0 spiro atoms. The number of hydrogen-bond acceptors (Lipinski definition) is 4. The first-order chi connectivity index (χ1) is 16.0. The molecule has 0 radical (unpaired) electrons. The minimum atomic E-state index is -4.44. The van der Waals surface area contributed by atoms with Crippen LogP contribution in [0, 0.1) is 18.6 Å². The van der Waals surface area contributed by atoms with Gasteiger partial charge in [-0.25, -0.2) is 18.6 Å². The fourth-order valence-corrected chi connectivity index (χ4v) is 3.35. The fraction of sp³-hybridized carbons (Fsp3) is 0.318. The van der Waals surface area contributed by atoms with Gasteiger partial charge in [0.05, 0.1) is 11.3 Å². The Morgan fingerprint density at radius 3 is 2.47 bits per heavy atom. The van der Waals surface area contributed by atoms with Crippen molar-refractivity contribution in [3.05, 3.63) is 65.1 Å². The van der Waals surface area contributed by atoms with Crippen molar-refractivity contribution in [3.63, 3.8) is 0 Å². The summed E-state index contributed by atoms with van der Waals surface area (Å²) in [4.78, 5) is 28.5. The highest BCUT2D eigenvalue weighted by molar-refractivity contribution is 5.97. The first-order valence-corrected chi connectivity index (χ1v) is 10.1. The Bertz CT molecular complexity index is 1190. The number of alkyl halides is 3. The van der Waals surface area contributed by atoms with Gasteiger partial charge in [0.1, 0.15) is 30.0 Å². The third kappa shape index (κ3) is 5.80. The fourth-order valence-electron chi connectivity index (χ4n) is 3.35. The second-order valence-electron chi connectivity index (χ2n) is 7.47. The number of nitrogens with one attached hydrogen (secondary N) is 1. The maximum absolute atomic E-state index is 13.9. The van der Waals surface area contributed by atoms with E-state index in [1.807, 2.05) is 0 Å². The molecule has 2 aromatic heterocycles. The zero-order valence-corrected chi connectivity index (χ0v) is 17.8. The number of carboxylic acid groups (broad SMARTS) is 1. The molecule has 182 valence electrons. The lowest BCUT2D eigenvalue weighted by molar-refractivity contribution is -0.142. The van der Waals surface area contributed by atoms with Crippen molar-refractivity contribution in [2.75, 3.05) is 0 Å². The molecule has 0 aliphatic carbocycles. The lowest BCUT2D eigenvalue weighted by atomic mass is 10.1. The standard InChI is InChI=1S/C22H20F5N3O4/c1-12-18(20(31)29-16(21(32)33)7-3-9-22(25,26)27)30-10-4-8-17(19(30)28-12)34-11-13-14(23)5-2-6-15(13)24/h2,4-6,8,10,16H,3,7,9,11H2,1H3,(H,29,31)(H,32,33)/t16-/m0/s1. The van der Waals surface area contributed by atoms with Gasteiger partial charge in [0, 0.05) is 12.6 Å². The Morgan fingerprint density at radius 2 is 1.85 bits per heavy atom. The summed E-state index contributed by atoms with van der Waals surface area (Å²) in [6.45, 7) is 1.02. The highest BCUT2D eigenvalue weighted by Crippen LogP contribution is 2.25. The predicted molar refractivity (Wildman–Crippen MR) is 109 cm³/mol. The highest BCUT2D eigenvalue weighted by atomic mass is 19.4. The van der Waals surface area contributed by atoms with Gasteiger partial charge in [-0.05, 0) is 44.0 Å². The summed E-state index contributed by atoms with van der Waals surface area (Å²) in [7, 11) is 0. The molecule has 0 aliphatic rings. The van der Waals surface area contributed by atoms with Crippen LogP contribution in [-0.2, 0) is 11.4 Å². The minimum Gasteiger partial charge on any atom is -0.485 e. The summed E-state index contributed by atoms with van der Waals surface area (Å²) in [5.74, 6) is -3.82. The minimum absolute atomic E-state index is 0.0559. The number of rotatable bonds is 9. The molecule has 3 rings (SSSR count). The molecule has 1 atom stereocenters. The van der Waals surface area contributed by atoms with Gasteiger partial charge in [-0.1, -0.05) is 6.07 Å². The van der Waals surface area contributed by atoms with Gasteiger partial charge in [-0.15, -0.1) is 0 Å². The van der Waals surface area contributed by atoms with E-state index in [9.17, 15) is 36.6 Å². The molecular formula is C22H20F5N3O4. The zero-order chi connectivity index (χ0) is 25.0. The lowest BCUT2D eigenvalue weighted by Gasteiger charge is -2.15. The number of pyridine rings is 1. The van der Waals surface area contributed by atoms with Crippen LogP contribution < -0.4 is 10.1 Å². The number of carbonyl (C=O) groups is 2. The maximum Gasteiger partial charge on any atom is 0.389 e. The number of carbonyl (C=O) groups excluding carboxylic acids is 1. The molecule has 1 aromatic carbocycles. The van der Waals surface area contributed by atoms with E-state index < -0.39 is 61.6 Å². The number of hydrogen-bond donors (Lipinski definition) is 2. The first kappa shape index (κ1) is 24.9. The predicted octanol–water partition coefficient (Wildman–Crippen LogP) is 4.42. The van der Waals surface area contributed by atoms with Gasteiger partial charge >= 0.3 is 12.1 Å². The van der Waals surface area contributed by atoms with Gasteiger partial charge in [0.2, 0.25) is 0 Å². The van der Waals surface area contributed by atoms with E-state index in [2.05, 4.69) is 10.3 Å². The Labute approximate surface area is 190 Å². The quantitative estimate of drug-likeness (QED) is 0.438. The first-order valence-electron chi connectivity index (χ1n) is 10.1. The molecule has 0 bridgehead atoms. The number of aliphatic carboxylic acids is 1. The van der Waals surface area contributed by atoms with Crippen LogP contribution in [0.2, 0.25) is 0 Å². The third-order valence-corrected chi connectivity index (χ3v) is 4.99. The second-order valence-corrected chi connectivity index (χ2v) is 7.47. The van der Waals surface area contributed by atoms with Gasteiger partial charge < -0.3 is 15.2 Å². The number of halogens is 5. The van der Waals surface area contributed by atoms with Crippen molar-refractivity contribution in [1.82, 2.24) is 14.7 Å². The molecule has 1 amide bonds. The van der Waals surface area contributed by atoms with E-state index in [-0.39, 0.29) is 28.3 Å². The monoisotopic (exact) mass is 485 g/mol. The van der Waals surface area contributed by atoms with Crippen LogP contribution in [0.15, 0.2) is 36.5 Å². The molecule has 2 heterocycles. The molecule has 0 fully saturated rings. The molecule has 34 heavy (non-hydrogen) atoms. The number of carboxylic acids is 1. The average Bonchev–Trinajstić information content (AvgIpc) is 3.08. The van der Waals surface area contributed by atoms with Crippen molar-refractivity contribution < 1.29 is 41.4 Å².